The maximum atomic E-state index is 12.1. The van der Waals surface area contributed by atoms with E-state index in [2.05, 4.69) is 34.4 Å². The Morgan fingerprint density at radius 2 is 1.96 bits per heavy atom. The Kier molecular flexibility index (Phi) is 9.18. The molecule has 0 aromatic heterocycles. The molecule has 1 aliphatic rings. The van der Waals surface area contributed by atoms with Gasteiger partial charge >= 0.3 is 0 Å². The maximum absolute atomic E-state index is 12.1. The summed E-state index contributed by atoms with van der Waals surface area (Å²) in [5.74, 6) is 1.56. The average Bonchev–Trinajstić information content (AvgIpc) is 2.97. The van der Waals surface area contributed by atoms with Crippen molar-refractivity contribution in [1.29, 1.82) is 0 Å². The molecular formula is C19H31IN4O2. The third-order valence-corrected chi connectivity index (χ3v) is 4.33. The third kappa shape index (κ3) is 7.01. The number of amides is 1. The summed E-state index contributed by atoms with van der Waals surface area (Å²) in [6.45, 7) is 9.93. The van der Waals surface area contributed by atoms with Gasteiger partial charge in [-0.2, -0.15) is 0 Å². The second-order valence-corrected chi connectivity index (χ2v) is 7.13. The van der Waals surface area contributed by atoms with Gasteiger partial charge in [-0.3, -0.25) is 4.79 Å². The van der Waals surface area contributed by atoms with Crippen LogP contribution < -0.4 is 15.4 Å². The van der Waals surface area contributed by atoms with E-state index in [1.165, 1.54) is 0 Å². The van der Waals surface area contributed by atoms with E-state index in [0.29, 0.717) is 12.0 Å². The summed E-state index contributed by atoms with van der Waals surface area (Å²) >= 11 is 0. The average molecular weight is 474 g/mol. The molecule has 1 saturated heterocycles. The molecule has 1 heterocycles. The fourth-order valence-corrected chi connectivity index (χ4v) is 2.87. The molecule has 0 bridgehead atoms. The van der Waals surface area contributed by atoms with Crippen molar-refractivity contribution < 1.29 is 9.53 Å². The largest absolute Gasteiger partial charge is 0.497 e. The fraction of sp³-hybridized carbons (Fsp3) is 0.579. The number of ether oxygens (including phenoxy) is 1. The van der Waals surface area contributed by atoms with Crippen LogP contribution in [0.1, 0.15) is 32.8 Å². The Morgan fingerprint density at radius 1 is 1.27 bits per heavy atom. The number of methoxy groups -OCH3 is 1. The van der Waals surface area contributed by atoms with Crippen LogP contribution in [0.4, 0.5) is 0 Å². The highest BCUT2D eigenvalue weighted by Crippen LogP contribution is 2.28. The van der Waals surface area contributed by atoms with Crippen LogP contribution in [0.2, 0.25) is 0 Å². The molecule has 0 radical (unpaired) electrons. The molecule has 0 atom stereocenters. The van der Waals surface area contributed by atoms with Crippen LogP contribution >= 0.6 is 24.0 Å². The van der Waals surface area contributed by atoms with Gasteiger partial charge in [0.25, 0.3) is 0 Å². The molecule has 1 aliphatic heterocycles. The van der Waals surface area contributed by atoms with Crippen LogP contribution in [0.15, 0.2) is 29.3 Å². The van der Waals surface area contributed by atoms with E-state index in [1.54, 1.807) is 7.11 Å². The summed E-state index contributed by atoms with van der Waals surface area (Å²) in [6, 6.07) is 7.66. The first-order valence-corrected chi connectivity index (χ1v) is 8.86. The molecule has 2 N–H and O–H groups in total. The summed E-state index contributed by atoms with van der Waals surface area (Å²) in [4.78, 5) is 18.8. The number of likely N-dealkylation sites (tertiary alicyclic amines) is 1. The Bertz CT molecular complexity index is 602. The van der Waals surface area contributed by atoms with Gasteiger partial charge in [-0.25, -0.2) is 4.99 Å². The van der Waals surface area contributed by atoms with Gasteiger partial charge < -0.3 is 20.3 Å². The molecule has 0 saturated carbocycles. The minimum Gasteiger partial charge on any atom is -0.497 e. The lowest BCUT2D eigenvalue weighted by Gasteiger charge is -2.23. The van der Waals surface area contributed by atoms with Gasteiger partial charge in [0.15, 0.2) is 5.96 Å². The standard InChI is InChI=1S/C19H30N4O2.HI/c1-5-20-18(23-11-10-19(2,3)14-23)22-13-17(24)21-12-15-6-8-16(25-4)9-7-15;/h6-9H,5,10-14H2,1-4H3,(H,20,22)(H,21,24);1H. The quantitative estimate of drug-likeness (QED) is 0.378. The second kappa shape index (κ2) is 10.6. The number of halogens is 1. The van der Waals surface area contributed by atoms with E-state index < -0.39 is 0 Å². The number of benzene rings is 1. The van der Waals surface area contributed by atoms with Crippen molar-refractivity contribution in [2.45, 2.75) is 33.7 Å². The molecule has 0 unspecified atom stereocenters. The molecule has 1 amide bonds. The smallest absolute Gasteiger partial charge is 0.242 e. The summed E-state index contributed by atoms with van der Waals surface area (Å²) in [6.07, 6.45) is 1.14. The first kappa shape index (κ1) is 22.5. The highest BCUT2D eigenvalue weighted by molar-refractivity contribution is 14.0. The van der Waals surface area contributed by atoms with Crippen LogP contribution in [0, 0.1) is 5.41 Å². The van der Waals surface area contributed by atoms with Crippen LogP contribution in [0.3, 0.4) is 0 Å². The lowest BCUT2D eigenvalue weighted by Crippen LogP contribution is -2.41. The maximum Gasteiger partial charge on any atom is 0.242 e. The third-order valence-electron chi connectivity index (χ3n) is 4.33. The number of nitrogens with one attached hydrogen (secondary N) is 2. The van der Waals surface area contributed by atoms with Crippen LogP contribution in [-0.2, 0) is 11.3 Å². The van der Waals surface area contributed by atoms with E-state index >= 15 is 0 Å². The number of rotatable bonds is 6. The van der Waals surface area contributed by atoms with Gasteiger partial charge in [0.05, 0.1) is 7.11 Å². The Hall–Kier alpha value is -1.51. The number of carbonyl (C=O) groups excluding carboxylic acids is 1. The molecule has 26 heavy (non-hydrogen) atoms. The van der Waals surface area contributed by atoms with Gasteiger partial charge in [0, 0.05) is 26.2 Å². The number of nitrogens with zero attached hydrogens (tertiary/aromatic N) is 2. The van der Waals surface area contributed by atoms with E-state index in [0.717, 1.165) is 43.3 Å². The lowest BCUT2D eigenvalue weighted by molar-refractivity contribution is -0.119. The zero-order chi connectivity index (χ0) is 18.3. The number of aliphatic imine (C=N–C) groups is 1. The van der Waals surface area contributed by atoms with E-state index in [4.69, 9.17) is 4.74 Å². The zero-order valence-electron chi connectivity index (χ0n) is 16.2. The van der Waals surface area contributed by atoms with Gasteiger partial charge in [-0.1, -0.05) is 26.0 Å². The van der Waals surface area contributed by atoms with Crippen molar-refractivity contribution in [3.05, 3.63) is 29.8 Å². The number of hydrogen-bond acceptors (Lipinski definition) is 3. The highest BCUT2D eigenvalue weighted by Gasteiger charge is 2.30. The second-order valence-electron chi connectivity index (χ2n) is 7.13. The van der Waals surface area contributed by atoms with E-state index in [1.807, 2.05) is 31.2 Å². The van der Waals surface area contributed by atoms with E-state index in [-0.39, 0.29) is 36.4 Å². The molecule has 0 spiro atoms. The van der Waals surface area contributed by atoms with Crippen LogP contribution in [0.25, 0.3) is 0 Å². The lowest BCUT2D eigenvalue weighted by atomic mass is 9.93. The van der Waals surface area contributed by atoms with Gasteiger partial charge in [0.1, 0.15) is 12.3 Å². The number of guanidine groups is 1. The molecular weight excluding hydrogens is 443 g/mol. The molecule has 1 aromatic carbocycles. The SMILES string of the molecule is CCNC(=NCC(=O)NCc1ccc(OC)cc1)N1CCC(C)(C)C1.I. The molecule has 2 rings (SSSR count). The summed E-state index contributed by atoms with van der Waals surface area (Å²) in [7, 11) is 1.64. The first-order valence-electron chi connectivity index (χ1n) is 8.86. The minimum absolute atomic E-state index is 0. The topological polar surface area (TPSA) is 66.0 Å². The van der Waals surface area contributed by atoms with Gasteiger partial charge in [0.2, 0.25) is 5.91 Å². The van der Waals surface area contributed by atoms with Crippen molar-refractivity contribution in [2.24, 2.45) is 10.4 Å². The molecule has 7 heteroatoms. The summed E-state index contributed by atoms with van der Waals surface area (Å²) in [5, 5.41) is 6.19. The molecule has 6 nitrogen and oxygen atoms in total. The fourth-order valence-electron chi connectivity index (χ4n) is 2.87. The highest BCUT2D eigenvalue weighted by atomic mass is 127. The molecule has 1 aromatic rings. The van der Waals surface area contributed by atoms with Crippen LogP contribution in [0.5, 0.6) is 5.75 Å². The number of hydrogen-bond donors (Lipinski definition) is 2. The van der Waals surface area contributed by atoms with Crippen molar-refractivity contribution in [2.75, 3.05) is 33.3 Å². The monoisotopic (exact) mass is 474 g/mol. The molecule has 146 valence electrons. The first-order chi connectivity index (χ1) is 11.9. The summed E-state index contributed by atoms with van der Waals surface area (Å²) in [5.41, 5.74) is 1.33. The van der Waals surface area contributed by atoms with Gasteiger partial charge in [-0.15, -0.1) is 24.0 Å². The van der Waals surface area contributed by atoms with Crippen molar-refractivity contribution in [3.8, 4) is 5.75 Å². The van der Waals surface area contributed by atoms with Crippen molar-refractivity contribution in [3.63, 3.8) is 0 Å². The van der Waals surface area contributed by atoms with Crippen molar-refractivity contribution >= 4 is 35.8 Å². The Balaban J connectivity index is 0.00000338. The Labute approximate surface area is 173 Å². The predicted octanol–water partition coefficient (Wildman–Crippen LogP) is 2.63. The van der Waals surface area contributed by atoms with Crippen LogP contribution in [-0.4, -0.2) is 50.1 Å². The van der Waals surface area contributed by atoms with Crippen molar-refractivity contribution in [1.82, 2.24) is 15.5 Å². The number of carbonyl (C=O) groups is 1. The Morgan fingerprint density at radius 3 is 2.50 bits per heavy atom. The molecule has 1 fully saturated rings. The predicted molar refractivity (Wildman–Crippen MR) is 116 cm³/mol. The van der Waals surface area contributed by atoms with Gasteiger partial charge in [-0.05, 0) is 36.5 Å². The molecule has 0 aliphatic carbocycles. The normalized spacial score (nSPS) is 16.0. The summed E-state index contributed by atoms with van der Waals surface area (Å²) < 4.78 is 5.13. The minimum atomic E-state index is -0.0790. The zero-order valence-corrected chi connectivity index (χ0v) is 18.5. The van der Waals surface area contributed by atoms with E-state index in [9.17, 15) is 4.79 Å².